The molecule has 0 aliphatic heterocycles. The van der Waals surface area contributed by atoms with Gasteiger partial charge in [-0.1, -0.05) is 0 Å². The van der Waals surface area contributed by atoms with Crippen LogP contribution in [-0.4, -0.2) is 22.8 Å². The molecule has 128 valence electrons. The first-order valence-corrected chi connectivity index (χ1v) is 7.42. The topological polar surface area (TPSA) is 112 Å². The Balaban J connectivity index is 1.79. The fourth-order valence-electron chi connectivity index (χ4n) is 2.23. The molecule has 0 saturated heterocycles. The van der Waals surface area contributed by atoms with Gasteiger partial charge in [0.2, 0.25) is 5.91 Å². The first-order valence-electron chi connectivity index (χ1n) is 7.42. The van der Waals surface area contributed by atoms with Crippen LogP contribution in [0.5, 0.6) is 5.75 Å². The zero-order valence-electron chi connectivity index (χ0n) is 13.4. The monoisotopic (exact) mass is 340 g/mol. The van der Waals surface area contributed by atoms with Crippen LogP contribution >= 0.6 is 0 Å². The summed E-state index contributed by atoms with van der Waals surface area (Å²) in [6.45, 7) is -0.274. The minimum atomic E-state index is -0.541. The van der Waals surface area contributed by atoms with E-state index in [1.54, 1.807) is 43.5 Å². The van der Waals surface area contributed by atoms with Crippen LogP contribution in [0.3, 0.4) is 0 Å². The van der Waals surface area contributed by atoms with Crippen molar-refractivity contribution >= 4 is 17.3 Å². The SMILES string of the molecule is COc1ccc(NC(=O)Cn2nc(-c3ccco3)cc(N)c2=O)cc1. The van der Waals surface area contributed by atoms with Crippen LogP contribution in [0.4, 0.5) is 11.4 Å². The van der Waals surface area contributed by atoms with Gasteiger partial charge in [0.05, 0.1) is 13.4 Å². The molecule has 0 unspecified atom stereocenters. The van der Waals surface area contributed by atoms with Crippen molar-refractivity contribution < 1.29 is 13.9 Å². The third kappa shape index (κ3) is 3.69. The second kappa shape index (κ2) is 6.91. The quantitative estimate of drug-likeness (QED) is 0.731. The highest BCUT2D eigenvalue weighted by Gasteiger charge is 2.12. The number of carbonyl (C=O) groups excluding carboxylic acids is 1. The van der Waals surface area contributed by atoms with Gasteiger partial charge in [0, 0.05) is 5.69 Å². The molecule has 0 aliphatic carbocycles. The van der Waals surface area contributed by atoms with Crippen LogP contribution in [-0.2, 0) is 11.3 Å². The molecule has 3 aromatic rings. The molecule has 0 bridgehead atoms. The summed E-state index contributed by atoms with van der Waals surface area (Å²) in [4.78, 5) is 24.3. The highest BCUT2D eigenvalue weighted by molar-refractivity contribution is 5.90. The molecule has 0 aliphatic rings. The summed E-state index contributed by atoms with van der Waals surface area (Å²) in [5.41, 5.74) is 6.12. The van der Waals surface area contributed by atoms with Crippen LogP contribution in [0.2, 0.25) is 0 Å². The summed E-state index contributed by atoms with van der Waals surface area (Å²) in [5.74, 6) is 0.724. The number of nitrogens with one attached hydrogen (secondary N) is 1. The molecule has 1 amide bonds. The van der Waals surface area contributed by atoms with E-state index in [1.165, 1.54) is 12.3 Å². The zero-order valence-corrected chi connectivity index (χ0v) is 13.4. The number of nitrogen functional groups attached to an aromatic ring is 1. The van der Waals surface area contributed by atoms with Gasteiger partial charge in [-0.05, 0) is 42.5 Å². The molecular formula is C17H16N4O4. The van der Waals surface area contributed by atoms with E-state index >= 15 is 0 Å². The average Bonchev–Trinajstić information content (AvgIpc) is 3.14. The minimum Gasteiger partial charge on any atom is -0.497 e. The van der Waals surface area contributed by atoms with Crippen LogP contribution < -0.4 is 21.3 Å². The number of aromatic nitrogens is 2. The number of nitrogens with zero attached hydrogens (tertiary/aromatic N) is 2. The fourth-order valence-corrected chi connectivity index (χ4v) is 2.23. The van der Waals surface area contributed by atoms with E-state index in [0.717, 1.165) is 4.68 Å². The van der Waals surface area contributed by atoms with Gasteiger partial charge in [0.15, 0.2) is 5.76 Å². The van der Waals surface area contributed by atoms with Crippen LogP contribution in [0.25, 0.3) is 11.5 Å². The van der Waals surface area contributed by atoms with Gasteiger partial charge in [-0.25, -0.2) is 4.68 Å². The maximum absolute atomic E-state index is 12.2. The smallest absolute Gasteiger partial charge is 0.290 e. The average molecular weight is 340 g/mol. The van der Waals surface area contributed by atoms with Crippen molar-refractivity contribution in [2.24, 2.45) is 0 Å². The van der Waals surface area contributed by atoms with Crippen molar-refractivity contribution in [3.63, 3.8) is 0 Å². The van der Waals surface area contributed by atoms with E-state index in [2.05, 4.69) is 10.4 Å². The van der Waals surface area contributed by atoms with Crippen LogP contribution in [0.1, 0.15) is 0 Å². The Morgan fingerprint density at radius 2 is 2.08 bits per heavy atom. The predicted molar refractivity (Wildman–Crippen MR) is 92.2 cm³/mol. The predicted octanol–water partition coefficient (Wildman–Crippen LogP) is 1.73. The van der Waals surface area contributed by atoms with Gasteiger partial charge in [0.25, 0.3) is 5.56 Å². The zero-order chi connectivity index (χ0) is 17.8. The van der Waals surface area contributed by atoms with Crippen molar-refractivity contribution in [2.45, 2.75) is 6.54 Å². The largest absolute Gasteiger partial charge is 0.497 e. The maximum Gasteiger partial charge on any atom is 0.290 e. The molecule has 8 nitrogen and oxygen atoms in total. The van der Waals surface area contributed by atoms with Crippen molar-refractivity contribution in [3.8, 4) is 17.2 Å². The molecule has 1 aromatic carbocycles. The lowest BCUT2D eigenvalue weighted by Gasteiger charge is -2.09. The first kappa shape index (κ1) is 16.3. The van der Waals surface area contributed by atoms with E-state index in [-0.39, 0.29) is 12.2 Å². The van der Waals surface area contributed by atoms with Gasteiger partial charge < -0.3 is 20.2 Å². The first-order chi connectivity index (χ1) is 12.1. The molecular weight excluding hydrogens is 324 g/mol. The number of nitrogens with two attached hydrogens (primary N) is 1. The molecule has 0 saturated carbocycles. The van der Waals surface area contributed by atoms with Crippen LogP contribution in [0.15, 0.2) is 57.9 Å². The third-order valence-corrected chi connectivity index (χ3v) is 3.44. The number of anilines is 2. The van der Waals surface area contributed by atoms with Crippen molar-refractivity contribution in [2.75, 3.05) is 18.2 Å². The number of hydrogen-bond acceptors (Lipinski definition) is 6. The Kier molecular flexibility index (Phi) is 4.51. The van der Waals surface area contributed by atoms with E-state index in [0.29, 0.717) is 22.9 Å². The number of methoxy groups -OCH3 is 1. The lowest BCUT2D eigenvalue weighted by atomic mass is 10.3. The minimum absolute atomic E-state index is 0.0151. The molecule has 8 heteroatoms. The number of amides is 1. The maximum atomic E-state index is 12.2. The Labute approximate surface area is 142 Å². The van der Waals surface area contributed by atoms with E-state index in [1.807, 2.05) is 0 Å². The number of hydrogen-bond donors (Lipinski definition) is 2. The number of furan rings is 1. The molecule has 25 heavy (non-hydrogen) atoms. The Morgan fingerprint density at radius 3 is 2.72 bits per heavy atom. The molecule has 0 fully saturated rings. The summed E-state index contributed by atoms with van der Waals surface area (Å²) >= 11 is 0. The highest BCUT2D eigenvalue weighted by atomic mass is 16.5. The summed E-state index contributed by atoms with van der Waals surface area (Å²) in [5, 5.41) is 6.82. The standard InChI is InChI=1S/C17H16N4O4/c1-24-12-6-4-11(5-7-12)19-16(22)10-21-17(23)13(18)9-14(20-21)15-3-2-8-25-15/h2-9H,10,18H2,1H3,(H,19,22). The second-order valence-corrected chi connectivity index (χ2v) is 5.20. The van der Waals surface area contributed by atoms with Gasteiger partial charge in [-0.2, -0.15) is 5.10 Å². The molecule has 3 rings (SSSR count). The normalized spacial score (nSPS) is 10.4. The van der Waals surface area contributed by atoms with E-state index in [4.69, 9.17) is 14.9 Å². The molecule has 2 heterocycles. The van der Waals surface area contributed by atoms with Crippen LogP contribution in [0, 0.1) is 0 Å². The lowest BCUT2D eigenvalue weighted by Crippen LogP contribution is -2.31. The Bertz CT molecular complexity index is 930. The number of carbonyl (C=O) groups is 1. The fraction of sp³-hybridized carbons (Fsp3) is 0.118. The van der Waals surface area contributed by atoms with Gasteiger partial charge in [-0.3, -0.25) is 9.59 Å². The van der Waals surface area contributed by atoms with Gasteiger partial charge >= 0.3 is 0 Å². The molecule has 2 aromatic heterocycles. The van der Waals surface area contributed by atoms with Crippen molar-refractivity contribution in [1.29, 1.82) is 0 Å². The number of rotatable bonds is 5. The third-order valence-electron chi connectivity index (χ3n) is 3.44. The van der Waals surface area contributed by atoms with Gasteiger partial charge in [-0.15, -0.1) is 0 Å². The van der Waals surface area contributed by atoms with E-state index in [9.17, 15) is 9.59 Å². The van der Waals surface area contributed by atoms with Crippen molar-refractivity contribution in [3.05, 3.63) is 59.1 Å². The molecule has 0 radical (unpaired) electrons. The summed E-state index contributed by atoms with van der Waals surface area (Å²) in [6, 6.07) is 11.6. The van der Waals surface area contributed by atoms with Crippen molar-refractivity contribution in [1.82, 2.24) is 9.78 Å². The summed E-state index contributed by atoms with van der Waals surface area (Å²) < 4.78 is 11.3. The second-order valence-electron chi connectivity index (χ2n) is 5.20. The Morgan fingerprint density at radius 1 is 1.32 bits per heavy atom. The Hall–Kier alpha value is -3.55. The molecule has 0 spiro atoms. The number of ether oxygens (including phenoxy) is 1. The van der Waals surface area contributed by atoms with E-state index < -0.39 is 11.5 Å². The molecule has 0 atom stereocenters. The number of benzene rings is 1. The summed E-state index contributed by atoms with van der Waals surface area (Å²) in [7, 11) is 1.56. The van der Waals surface area contributed by atoms with Gasteiger partial charge in [0.1, 0.15) is 23.7 Å². The highest BCUT2D eigenvalue weighted by Crippen LogP contribution is 2.18. The lowest BCUT2D eigenvalue weighted by molar-refractivity contribution is -0.117. The molecule has 3 N–H and O–H groups in total. The summed E-state index contributed by atoms with van der Waals surface area (Å²) in [6.07, 6.45) is 1.49.